The summed E-state index contributed by atoms with van der Waals surface area (Å²) in [6.07, 6.45) is 9.05. The van der Waals surface area contributed by atoms with Gasteiger partial charge in [0.05, 0.1) is 34.8 Å². The maximum atomic E-state index is 13.5. The third-order valence-corrected chi connectivity index (χ3v) is 6.96. The van der Waals surface area contributed by atoms with E-state index in [2.05, 4.69) is 74.9 Å². The molecule has 6 nitrogen and oxygen atoms in total. The van der Waals surface area contributed by atoms with E-state index in [1.807, 2.05) is 34.9 Å². The van der Waals surface area contributed by atoms with E-state index >= 15 is 0 Å². The molecule has 6 rings (SSSR count). The highest BCUT2D eigenvalue weighted by Crippen LogP contribution is 2.34. The first-order valence-electron chi connectivity index (χ1n) is 12.6. The Morgan fingerprint density at radius 3 is 2.56 bits per heavy atom. The van der Waals surface area contributed by atoms with Crippen molar-refractivity contribution in [3.05, 3.63) is 119 Å². The number of hydrogen-bond donors (Lipinski definition) is 3. The van der Waals surface area contributed by atoms with E-state index in [1.54, 1.807) is 6.33 Å². The van der Waals surface area contributed by atoms with E-state index in [9.17, 15) is 4.79 Å². The maximum Gasteiger partial charge on any atom is 0.332 e. The molecule has 3 aromatic carbocycles. The molecule has 0 amide bonds. The van der Waals surface area contributed by atoms with Crippen LogP contribution < -0.4 is 11.0 Å². The van der Waals surface area contributed by atoms with Crippen molar-refractivity contribution in [1.82, 2.24) is 19.5 Å². The van der Waals surface area contributed by atoms with Gasteiger partial charge >= 0.3 is 5.69 Å². The van der Waals surface area contributed by atoms with E-state index in [1.165, 1.54) is 23.1 Å². The Kier molecular flexibility index (Phi) is 6.00. The number of benzene rings is 3. The Bertz CT molecular complexity index is 1560. The second-order valence-electron chi connectivity index (χ2n) is 9.37. The lowest BCUT2D eigenvalue weighted by Gasteiger charge is -2.22. The molecule has 0 radical (unpaired) electrons. The van der Waals surface area contributed by atoms with Gasteiger partial charge in [-0.1, -0.05) is 66.7 Å². The number of rotatable bonds is 7. The number of anilines is 1. The fourth-order valence-corrected chi connectivity index (χ4v) is 5.17. The lowest BCUT2D eigenvalue weighted by atomic mass is 9.95. The average molecular weight is 476 g/mol. The monoisotopic (exact) mass is 475 g/mol. The van der Waals surface area contributed by atoms with E-state index in [0.717, 1.165) is 53.9 Å². The minimum absolute atomic E-state index is 0.00173. The van der Waals surface area contributed by atoms with Gasteiger partial charge in [0.15, 0.2) is 0 Å². The lowest BCUT2D eigenvalue weighted by Crippen LogP contribution is -2.17. The van der Waals surface area contributed by atoms with Crippen LogP contribution in [0.2, 0.25) is 0 Å². The highest BCUT2D eigenvalue weighted by atomic mass is 16.1. The zero-order valence-corrected chi connectivity index (χ0v) is 20.1. The first-order chi connectivity index (χ1) is 17.8. The summed E-state index contributed by atoms with van der Waals surface area (Å²) in [7, 11) is 0. The van der Waals surface area contributed by atoms with E-state index < -0.39 is 0 Å². The lowest BCUT2D eigenvalue weighted by molar-refractivity contribution is 0.736. The van der Waals surface area contributed by atoms with Gasteiger partial charge < -0.3 is 10.3 Å². The van der Waals surface area contributed by atoms with Crippen molar-refractivity contribution in [2.75, 3.05) is 5.32 Å². The first kappa shape index (κ1) is 22.2. The van der Waals surface area contributed by atoms with Crippen molar-refractivity contribution in [3.63, 3.8) is 0 Å². The minimum atomic E-state index is -0.149. The third kappa shape index (κ3) is 4.38. The fourth-order valence-electron chi connectivity index (χ4n) is 5.17. The number of imidazole rings is 2. The summed E-state index contributed by atoms with van der Waals surface area (Å²) in [4.78, 5) is 24.1. The van der Waals surface area contributed by atoms with Crippen LogP contribution in [0, 0.1) is 0 Å². The maximum absolute atomic E-state index is 13.5. The van der Waals surface area contributed by atoms with Gasteiger partial charge in [-0.3, -0.25) is 9.55 Å². The normalized spacial score (nSPS) is 14.5. The Labute approximate surface area is 209 Å². The van der Waals surface area contributed by atoms with Gasteiger partial charge in [0.1, 0.15) is 5.82 Å². The van der Waals surface area contributed by atoms with Crippen molar-refractivity contribution in [2.24, 2.45) is 0 Å². The van der Waals surface area contributed by atoms with Crippen LogP contribution in [-0.4, -0.2) is 19.5 Å². The quantitative estimate of drug-likeness (QED) is 0.255. The smallest absolute Gasteiger partial charge is 0.332 e. The fraction of sp³-hybridized carbons (Fsp3) is 0.200. The molecular weight excluding hydrogens is 446 g/mol. The summed E-state index contributed by atoms with van der Waals surface area (Å²) in [6.45, 7) is 0. The standard InChI is InChI=1S/C30H29N5O/c36-30-34-29(33-26(22-12-6-2-7-13-22)18-21-10-4-1-5-11-21)28(23-14-8-3-9-15-23)35(30)24-16-17-25-27(19-24)32-20-31-25/h1-2,4-7,10-14,16-17,19-20,26,33H,3,8-9,15,18H2,(H,31,32)(H,34,36). The van der Waals surface area contributed by atoms with Crippen LogP contribution in [0.1, 0.15) is 48.5 Å². The number of fused-ring (bicyclic) bond motifs is 1. The highest BCUT2D eigenvalue weighted by Gasteiger charge is 2.23. The molecule has 3 N–H and O–H groups in total. The molecule has 36 heavy (non-hydrogen) atoms. The first-order valence-corrected chi connectivity index (χ1v) is 12.6. The topological polar surface area (TPSA) is 78.5 Å². The number of aromatic amines is 2. The third-order valence-electron chi connectivity index (χ3n) is 6.96. The molecular formula is C30H29N5O. The zero-order valence-electron chi connectivity index (χ0n) is 20.1. The Hall–Kier alpha value is -4.32. The summed E-state index contributed by atoms with van der Waals surface area (Å²) in [5.41, 5.74) is 7.01. The molecule has 0 saturated heterocycles. The Morgan fingerprint density at radius 2 is 1.78 bits per heavy atom. The van der Waals surface area contributed by atoms with Crippen molar-refractivity contribution in [3.8, 4) is 5.69 Å². The second kappa shape index (κ2) is 9.74. The molecule has 6 heteroatoms. The number of aromatic nitrogens is 4. The number of nitrogens with zero attached hydrogens (tertiary/aromatic N) is 2. The number of H-pyrrole nitrogens is 2. The Balaban J connectivity index is 1.46. The molecule has 180 valence electrons. The molecule has 5 aromatic rings. The predicted octanol–water partition coefficient (Wildman–Crippen LogP) is 6.40. The molecule has 1 atom stereocenters. The van der Waals surface area contributed by atoms with Gasteiger partial charge in [-0.25, -0.2) is 9.78 Å². The van der Waals surface area contributed by atoms with Gasteiger partial charge in [0.2, 0.25) is 0 Å². The van der Waals surface area contributed by atoms with Gasteiger partial charge in [-0.15, -0.1) is 0 Å². The molecule has 1 aliphatic carbocycles. The van der Waals surface area contributed by atoms with Crippen molar-refractivity contribution in [1.29, 1.82) is 0 Å². The van der Waals surface area contributed by atoms with Crippen LogP contribution in [-0.2, 0) is 6.42 Å². The van der Waals surface area contributed by atoms with Gasteiger partial charge in [-0.05, 0) is 67.0 Å². The number of allylic oxidation sites excluding steroid dienone is 2. The molecule has 0 saturated carbocycles. The predicted molar refractivity (Wildman–Crippen MR) is 145 cm³/mol. The molecule has 1 aliphatic rings. The van der Waals surface area contributed by atoms with E-state index in [-0.39, 0.29) is 11.7 Å². The summed E-state index contributed by atoms with van der Waals surface area (Å²) in [5.74, 6) is 0.766. The van der Waals surface area contributed by atoms with Crippen LogP contribution >= 0.6 is 0 Å². The molecule has 0 spiro atoms. The van der Waals surface area contributed by atoms with E-state index in [4.69, 9.17) is 0 Å². The van der Waals surface area contributed by atoms with E-state index in [0.29, 0.717) is 0 Å². The molecule has 2 heterocycles. The molecule has 1 unspecified atom stereocenters. The molecule has 0 bridgehead atoms. The highest BCUT2D eigenvalue weighted by molar-refractivity contribution is 5.79. The average Bonchev–Trinajstić information content (AvgIpc) is 3.53. The summed E-state index contributed by atoms with van der Waals surface area (Å²) in [5, 5.41) is 3.74. The zero-order chi connectivity index (χ0) is 24.3. The van der Waals surface area contributed by atoms with Crippen LogP contribution in [0.25, 0.3) is 22.3 Å². The van der Waals surface area contributed by atoms with Gasteiger partial charge in [-0.2, -0.15) is 0 Å². The van der Waals surface area contributed by atoms with Crippen molar-refractivity contribution in [2.45, 2.75) is 38.1 Å². The minimum Gasteiger partial charge on any atom is -0.363 e. The molecule has 0 aliphatic heterocycles. The van der Waals surface area contributed by atoms with Crippen molar-refractivity contribution >= 4 is 22.4 Å². The largest absolute Gasteiger partial charge is 0.363 e. The summed E-state index contributed by atoms with van der Waals surface area (Å²) in [6, 6.07) is 26.8. The van der Waals surface area contributed by atoms with Gasteiger partial charge in [0, 0.05) is 0 Å². The van der Waals surface area contributed by atoms with Gasteiger partial charge in [0.25, 0.3) is 0 Å². The summed E-state index contributed by atoms with van der Waals surface area (Å²) >= 11 is 0. The number of nitrogens with one attached hydrogen (secondary N) is 3. The Morgan fingerprint density at radius 1 is 0.972 bits per heavy atom. The molecule has 2 aromatic heterocycles. The summed E-state index contributed by atoms with van der Waals surface area (Å²) < 4.78 is 1.81. The van der Waals surface area contributed by atoms with Crippen LogP contribution in [0.4, 0.5) is 5.82 Å². The molecule has 0 fully saturated rings. The SMILES string of the molecule is O=c1[nH]c(NC(Cc2ccccc2)c2ccccc2)c(C2=CCCCC2)n1-c1ccc2nc[nH]c2c1. The van der Waals surface area contributed by atoms with Crippen molar-refractivity contribution < 1.29 is 0 Å². The number of hydrogen-bond acceptors (Lipinski definition) is 3. The van der Waals surface area contributed by atoms with Crippen LogP contribution in [0.5, 0.6) is 0 Å². The van der Waals surface area contributed by atoms with Crippen LogP contribution in [0.3, 0.4) is 0 Å². The second-order valence-corrected chi connectivity index (χ2v) is 9.37. The van der Waals surface area contributed by atoms with Crippen LogP contribution in [0.15, 0.2) is 96.1 Å².